The molecule has 0 fully saturated rings. The first kappa shape index (κ1) is 81.2. The number of unbranched alkanes of at least 4 members (excludes halogenated alkanes) is 36. The monoisotopic (exact) mass is 1200 g/mol. The van der Waals surface area contributed by atoms with Gasteiger partial charge < -0.3 is 19.4 Å². The summed E-state index contributed by atoms with van der Waals surface area (Å²) < 4.78 is 30.8. The number of carbonyl (C=O) groups excluding carboxylic acids is 2. The van der Waals surface area contributed by atoms with Gasteiger partial charge >= 0.3 is 13.8 Å². The predicted molar refractivity (Wildman–Crippen MR) is 364 cm³/mol. The fourth-order valence-electron chi connectivity index (χ4n) is 10.1. The number of carbonyl (C=O) groups is 2. The maximum atomic E-state index is 13.6. The molecule has 1 amide bonds. The van der Waals surface area contributed by atoms with E-state index in [1.165, 1.54) is 193 Å². The summed E-state index contributed by atoms with van der Waals surface area (Å²) in [4.78, 5) is 37.9. The van der Waals surface area contributed by atoms with Gasteiger partial charge in [0.05, 0.1) is 33.8 Å². The normalized spacial score (nSPS) is 14.0. The Morgan fingerprint density at radius 1 is 0.417 bits per heavy atom. The molecule has 84 heavy (non-hydrogen) atoms. The summed E-state index contributed by atoms with van der Waals surface area (Å²) in [5.74, 6) is -0.508. The van der Waals surface area contributed by atoms with Crippen molar-refractivity contribution in [2.45, 2.75) is 335 Å². The van der Waals surface area contributed by atoms with Gasteiger partial charge in [0.25, 0.3) is 0 Å². The van der Waals surface area contributed by atoms with Gasteiger partial charge in [-0.15, -0.1) is 0 Å². The number of rotatable bonds is 64. The lowest BCUT2D eigenvalue weighted by atomic mass is 10.0. The molecule has 0 aliphatic heterocycles. The molecule has 0 saturated heterocycles. The molecule has 3 unspecified atom stereocenters. The van der Waals surface area contributed by atoms with Gasteiger partial charge in [-0.1, -0.05) is 286 Å². The molecule has 3 atom stereocenters. The first-order valence-corrected chi connectivity index (χ1v) is 36.9. The number of allylic oxidation sites excluding steroid dienone is 13. The summed E-state index contributed by atoms with van der Waals surface area (Å²) in [7, 11) is 1.49. The number of hydrogen-bond donors (Lipinski definition) is 2. The average molecular weight is 1200 g/mol. The number of phosphoric ester groups is 1. The Hall–Kier alpha value is -2.81. The molecular weight excluding hydrogens is 1060 g/mol. The molecular formula is C74H136N2O7P+. The van der Waals surface area contributed by atoms with Crippen LogP contribution < -0.4 is 5.32 Å². The maximum absolute atomic E-state index is 13.6. The maximum Gasteiger partial charge on any atom is 0.472 e. The summed E-state index contributed by atoms with van der Waals surface area (Å²) in [6.07, 6.45) is 84.4. The van der Waals surface area contributed by atoms with E-state index < -0.39 is 20.0 Å². The molecule has 0 heterocycles. The van der Waals surface area contributed by atoms with E-state index in [4.69, 9.17) is 13.8 Å². The lowest BCUT2D eigenvalue weighted by molar-refractivity contribution is -0.870. The van der Waals surface area contributed by atoms with Crippen molar-refractivity contribution in [3.05, 3.63) is 85.1 Å². The third-order valence-corrected chi connectivity index (χ3v) is 16.5. The summed E-state index contributed by atoms with van der Waals surface area (Å²) in [6, 6.07) is -0.856. The summed E-state index contributed by atoms with van der Waals surface area (Å²) in [5, 5.41) is 3.07. The zero-order valence-electron chi connectivity index (χ0n) is 55.9. The number of nitrogens with one attached hydrogen (secondary N) is 1. The Morgan fingerprint density at radius 2 is 0.726 bits per heavy atom. The summed E-state index contributed by atoms with van der Waals surface area (Å²) in [6.45, 7) is 6.98. The Balaban J connectivity index is 5.10. The standard InChI is InChI=1S/C74H135N2O7P/c1-7-10-13-16-19-22-25-28-30-32-34-36-37-38-39-41-43-45-47-49-52-55-58-61-64-67-74(78)83-72(65-62-59-56-53-50-27-24-21-18-15-12-9-3)71(70-82-84(79,80)81-69-68-76(4,5)6)75-73(77)66-63-60-57-54-51-48-46-44-42-40-35-33-31-29-26-23-20-17-14-11-8-2/h19-20,22-23,28-31,34,36,38-39,62,65,71-72H,7-18,21,24-27,32-33,35,37,40-61,63-64,66-70H2,1-6H3,(H-,75,77,79,80)/p+1/b22-19-,23-20-,30-28-,31-29-,36-34-,39-38-,65-62+. The molecule has 0 aromatic carbocycles. The lowest BCUT2D eigenvalue weighted by Crippen LogP contribution is -2.47. The van der Waals surface area contributed by atoms with E-state index in [-0.39, 0.29) is 31.5 Å². The van der Waals surface area contributed by atoms with E-state index in [2.05, 4.69) is 99.0 Å². The number of quaternary nitrogens is 1. The molecule has 0 bridgehead atoms. The highest BCUT2D eigenvalue weighted by Crippen LogP contribution is 2.43. The van der Waals surface area contributed by atoms with Gasteiger partial charge in [0.1, 0.15) is 19.3 Å². The van der Waals surface area contributed by atoms with Crippen molar-refractivity contribution in [1.82, 2.24) is 5.32 Å². The van der Waals surface area contributed by atoms with Gasteiger partial charge in [-0.05, 0) is 109 Å². The second-order valence-corrected chi connectivity index (χ2v) is 26.5. The quantitative estimate of drug-likeness (QED) is 0.0205. The van der Waals surface area contributed by atoms with Crippen molar-refractivity contribution < 1.29 is 37.3 Å². The minimum Gasteiger partial charge on any atom is -0.456 e. The average Bonchev–Trinajstić information content (AvgIpc) is 3.64. The fourth-order valence-corrected chi connectivity index (χ4v) is 10.8. The first-order chi connectivity index (χ1) is 40.9. The molecule has 10 heteroatoms. The van der Waals surface area contributed by atoms with Crippen molar-refractivity contribution in [1.29, 1.82) is 0 Å². The van der Waals surface area contributed by atoms with Crippen LogP contribution in [0.15, 0.2) is 85.1 Å². The highest BCUT2D eigenvalue weighted by molar-refractivity contribution is 7.47. The molecule has 9 nitrogen and oxygen atoms in total. The van der Waals surface area contributed by atoms with Gasteiger partial charge in [-0.3, -0.25) is 18.6 Å². The molecule has 0 saturated carbocycles. The number of esters is 1. The van der Waals surface area contributed by atoms with Gasteiger partial charge in [-0.25, -0.2) is 4.57 Å². The van der Waals surface area contributed by atoms with Crippen LogP contribution >= 0.6 is 7.82 Å². The highest BCUT2D eigenvalue weighted by Gasteiger charge is 2.30. The van der Waals surface area contributed by atoms with Gasteiger partial charge in [0, 0.05) is 12.8 Å². The number of nitrogens with zero attached hydrogens (tertiary/aromatic N) is 1. The third kappa shape index (κ3) is 63.7. The topological polar surface area (TPSA) is 111 Å². The van der Waals surface area contributed by atoms with Crippen molar-refractivity contribution in [2.24, 2.45) is 0 Å². The van der Waals surface area contributed by atoms with E-state index in [0.29, 0.717) is 17.4 Å². The van der Waals surface area contributed by atoms with Crippen LogP contribution in [0.1, 0.15) is 323 Å². The number of phosphoric acid groups is 1. The number of amides is 1. The van der Waals surface area contributed by atoms with Gasteiger partial charge in [-0.2, -0.15) is 0 Å². The molecule has 0 aliphatic carbocycles. The lowest BCUT2D eigenvalue weighted by Gasteiger charge is -2.27. The smallest absolute Gasteiger partial charge is 0.456 e. The van der Waals surface area contributed by atoms with Gasteiger partial charge in [0.2, 0.25) is 5.91 Å². The van der Waals surface area contributed by atoms with Crippen LogP contribution in [0.3, 0.4) is 0 Å². The fraction of sp³-hybridized carbons (Fsp3) is 0.784. The molecule has 0 radical (unpaired) electrons. The highest BCUT2D eigenvalue weighted by atomic mass is 31.2. The number of hydrogen-bond acceptors (Lipinski definition) is 6. The van der Waals surface area contributed by atoms with Crippen molar-refractivity contribution >= 4 is 19.7 Å². The Kier molecular flexibility index (Phi) is 61.1. The van der Waals surface area contributed by atoms with Crippen molar-refractivity contribution in [2.75, 3.05) is 40.9 Å². The van der Waals surface area contributed by atoms with E-state index >= 15 is 0 Å². The van der Waals surface area contributed by atoms with Gasteiger partial charge in [0.15, 0.2) is 0 Å². The third-order valence-electron chi connectivity index (χ3n) is 15.6. The molecule has 0 aromatic heterocycles. The van der Waals surface area contributed by atoms with E-state index in [9.17, 15) is 19.0 Å². The molecule has 0 spiro atoms. The second-order valence-electron chi connectivity index (χ2n) is 25.0. The van der Waals surface area contributed by atoms with Crippen LogP contribution in [0.25, 0.3) is 0 Å². The van der Waals surface area contributed by atoms with Crippen molar-refractivity contribution in [3.8, 4) is 0 Å². The van der Waals surface area contributed by atoms with E-state index in [1.807, 2.05) is 33.3 Å². The van der Waals surface area contributed by atoms with Crippen LogP contribution in [0.5, 0.6) is 0 Å². The molecule has 2 N–H and O–H groups in total. The van der Waals surface area contributed by atoms with Crippen LogP contribution in [-0.4, -0.2) is 74.3 Å². The van der Waals surface area contributed by atoms with E-state index in [0.717, 1.165) is 96.3 Å². The molecule has 0 aromatic rings. The molecule has 0 rings (SSSR count). The van der Waals surface area contributed by atoms with Crippen LogP contribution in [-0.2, 0) is 27.9 Å². The summed E-state index contributed by atoms with van der Waals surface area (Å²) >= 11 is 0. The predicted octanol–water partition coefficient (Wildman–Crippen LogP) is 22.5. The van der Waals surface area contributed by atoms with Crippen molar-refractivity contribution in [3.63, 3.8) is 0 Å². The van der Waals surface area contributed by atoms with E-state index in [1.54, 1.807) is 0 Å². The Labute approximate surface area is 520 Å². The Morgan fingerprint density at radius 3 is 1.11 bits per heavy atom. The minimum atomic E-state index is -4.46. The zero-order valence-corrected chi connectivity index (χ0v) is 56.8. The first-order valence-electron chi connectivity index (χ1n) is 35.4. The van der Waals surface area contributed by atoms with Crippen LogP contribution in [0, 0.1) is 0 Å². The Bertz CT molecular complexity index is 1710. The van der Waals surface area contributed by atoms with Crippen LogP contribution in [0.4, 0.5) is 0 Å². The zero-order chi connectivity index (χ0) is 61.4. The SMILES string of the molecule is CCCCC/C=C\C/C=C\C/C=C\C/C=C\CCCCCCCCCCCC(=O)OC(/C=C/CCCCCCCCCCCC)C(COP(=O)(O)OCC[N+](C)(C)C)NC(=O)CCCCCCCCCCCCC/C=C\C/C=C\CCCCC. The number of ether oxygens (including phenoxy) is 1. The minimum absolute atomic E-state index is 0.0364. The second kappa shape index (κ2) is 63.2. The largest absolute Gasteiger partial charge is 0.472 e. The molecule has 488 valence electrons. The van der Waals surface area contributed by atoms with Crippen LogP contribution in [0.2, 0.25) is 0 Å². The summed E-state index contributed by atoms with van der Waals surface area (Å²) in [5.41, 5.74) is 0. The molecule has 0 aliphatic rings. The number of likely N-dealkylation sites (N-methyl/N-ethyl adjacent to an activating group) is 1.